The molecular formula is C20H18FN3O3. The van der Waals surface area contributed by atoms with Crippen molar-refractivity contribution in [3.05, 3.63) is 73.1 Å². The van der Waals surface area contributed by atoms with E-state index in [0.29, 0.717) is 5.69 Å². The first-order chi connectivity index (χ1) is 13.0. The lowest BCUT2D eigenvalue weighted by Crippen LogP contribution is -2.38. The molecule has 1 unspecified atom stereocenters. The molecule has 0 aromatic heterocycles. The first-order valence-electron chi connectivity index (χ1n) is 8.37. The van der Waals surface area contributed by atoms with Gasteiger partial charge < -0.3 is 10.2 Å². The van der Waals surface area contributed by atoms with Gasteiger partial charge in [-0.1, -0.05) is 24.3 Å². The Morgan fingerprint density at radius 1 is 1.11 bits per heavy atom. The van der Waals surface area contributed by atoms with Crippen molar-refractivity contribution in [1.82, 2.24) is 4.90 Å². The van der Waals surface area contributed by atoms with E-state index in [4.69, 9.17) is 0 Å². The number of benzene rings is 2. The summed E-state index contributed by atoms with van der Waals surface area (Å²) >= 11 is 0. The minimum Gasteiger partial charge on any atom is -0.326 e. The third kappa shape index (κ3) is 3.87. The molecule has 2 aromatic carbocycles. The van der Waals surface area contributed by atoms with Crippen molar-refractivity contribution >= 4 is 29.2 Å². The fourth-order valence-electron chi connectivity index (χ4n) is 2.92. The average molecular weight is 367 g/mol. The van der Waals surface area contributed by atoms with E-state index in [2.05, 4.69) is 11.9 Å². The van der Waals surface area contributed by atoms with Crippen LogP contribution in [0, 0.1) is 5.82 Å². The summed E-state index contributed by atoms with van der Waals surface area (Å²) < 4.78 is 13.2. The van der Waals surface area contributed by atoms with Gasteiger partial charge in [0.15, 0.2) is 0 Å². The van der Waals surface area contributed by atoms with Crippen molar-refractivity contribution in [2.75, 3.05) is 16.8 Å². The zero-order chi connectivity index (χ0) is 19.4. The van der Waals surface area contributed by atoms with Crippen LogP contribution in [0.4, 0.5) is 20.6 Å². The molecule has 3 rings (SSSR count). The zero-order valence-electron chi connectivity index (χ0n) is 14.5. The van der Waals surface area contributed by atoms with Crippen LogP contribution >= 0.6 is 0 Å². The SMILES string of the molecule is C=CCN1C(=O)N(c2ccc(F)cc2)C(=O)C1CC(=O)Nc1ccccc1. The van der Waals surface area contributed by atoms with E-state index in [-0.39, 0.29) is 24.6 Å². The largest absolute Gasteiger partial charge is 0.332 e. The van der Waals surface area contributed by atoms with E-state index in [1.54, 1.807) is 24.3 Å². The molecule has 1 atom stereocenters. The van der Waals surface area contributed by atoms with Gasteiger partial charge in [-0.2, -0.15) is 0 Å². The van der Waals surface area contributed by atoms with Gasteiger partial charge in [0.25, 0.3) is 5.91 Å². The summed E-state index contributed by atoms with van der Waals surface area (Å²) in [5, 5.41) is 2.71. The van der Waals surface area contributed by atoms with Crippen molar-refractivity contribution in [3.63, 3.8) is 0 Å². The summed E-state index contributed by atoms with van der Waals surface area (Å²) in [5.74, 6) is -1.39. The second-order valence-corrected chi connectivity index (χ2v) is 6.01. The summed E-state index contributed by atoms with van der Waals surface area (Å²) in [5.41, 5.74) is 0.858. The molecule has 0 spiro atoms. The van der Waals surface area contributed by atoms with Crippen LogP contribution in [-0.2, 0) is 9.59 Å². The van der Waals surface area contributed by atoms with Crippen LogP contribution in [0.5, 0.6) is 0 Å². The van der Waals surface area contributed by atoms with E-state index in [9.17, 15) is 18.8 Å². The Morgan fingerprint density at radius 3 is 2.41 bits per heavy atom. The summed E-state index contributed by atoms with van der Waals surface area (Å²) in [7, 11) is 0. The predicted molar refractivity (Wildman–Crippen MR) is 99.7 cm³/mol. The minimum atomic E-state index is -0.954. The molecule has 1 aliphatic rings. The monoisotopic (exact) mass is 367 g/mol. The van der Waals surface area contributed by atoms with Gasteiger partial charge >= 0.3 is 6.03 Å². The van der Waals surface area contributed by atoms with Gasteiger partial charge in [0.2, 0.25) is 5.91 Å². The minimum absolute atomic E-state index is 0.117. The molecule has 0 saturated carbocycles. The van der Waals surface area contributed by atoms with E-state index in [1.165, 1.54) is 35.2 Å². The number of hydrogen-bond acceptors (Lipinski definition) is 3. The highest BCUT2D eigenvalue weighted by atomic mass is 19.1. The fraction of sp³-hybridized carbons (Fsp3) is 0.150. The van der Waals surface area contributed by atoms with Crippen LogP contribution in [0.3, 0.4) is 0 Å². The van der Waals surface area contributed by atoms with Crippen LogP contribution < -0.4 is 10.2 Å². The van der Waals surface area contributed by atoms with Crippen LogP contribution in [0.15, 0.2) is 67.3 Å². The summed E-state index contributed by atoms with van der Waals surface area (Å²) in [6.07, 6.45) is 1.30. The highest BCUT2D eigenvalue weighted by Crippen LogP contribution is 2.27. The lowest BCUT2D eigenvalue weighted by molar-refractivity contribution is -0.124. The third-order valence-electron chi connectivity index (χ3n) is 4.17. The molecular weight excluding hydrogens is 349 g/mol. The van der Waals surface area contributed by atoms with Gasteiger partial charge in [0.05, 0.1) is 12.1 Å². The van der Waals surface area contributed by atoms with Crippen LogP contribution in [-0.4, -0.2) is 35.3 Å². The summed E-state index contributed by atoms with van der Waals surface area (Å²) in [6.45, 7) is 3.72. The lowest BCUT2D eigenvalue weighted by Gasteiger charge is -2.19. The van der Waals surface area contributed by atoms with E-state index in [0.717, 1.165) is 4.90 Å². The molecule has 27 heavy (non-hydrogen) atoms. The van der Waals surface area contributed by atoms with Gasteiger partial charge in [0.1, 0.15) is 11.9 Å². The molecule has 0 bridgehead atoms. The topological polar surface area (TPSA) is 69.7 Å². The maximum atomic E-state index is 13.2. The maximum Gasteiger partial charge on any atom is 0.332 e. The summed E-state index contributed by atoms with van der Waals surface area (Å²) in [4.78, 5) is 40.1. The van der Waals surface area contributed by atoms with Gasteiger partial charge in [-0.05, 0) is 36.4 Å². The van der Waals surface area contributed by atoms with Crippen molar-refractivity contribution in [3.8, 4) is 0 Å². The number of halogens is 1. The van der Waals surface area contributed by atoms with Crippen molar-refractivity contribution < 1.29 is 18.8 Å². The summed E-state index contributed by atoms with van der Waals surface area (Å²) in [6, 6.07) is 12.4. The Hall–Kier alpha value is -3.48. The molecule has 138 valence electrons. The van der Waals surface area contributed by atoms with Crippen LogP contribution in [0.2, 0.25) is 0 Å². The average Bonchev–Trinajstić information content (AvgIpc) is 2.88. The number of nitrogens with one attached hydrogen (secondary N) is 1. The van der Waals surface area contributed by atoms with E-state index in [1.807, 2.05) is 6.07 Å². The number of para-hydroxylation sites is 1. The van der Waals surface area contributed by atoms with Crippen LogP contribution in [0.1, 0.15) is 6.42 Å². The number of carbonyl (C=O) groups is 3. The predicted octanol–water partition coefficient (Wildman–Crippen LogP) is 3.18. The standard InChI is InChI=1S/C20H18FN3O3/c1-2-12-23-17(13-18(25)22-15-6-4-3-5-7-15)19(26)24(20(23)27)16-10-8-14(21)9-11-16/h2-11,17H,1,12-13H2,(H,22,25). The Balaban J connectivity index is 1.81. The van der Waals surface area contributed by atoms with Gasteiger partial charge in [-0.25, -0.2) is 14.1 Å². The number of imide groups is 1. The van der Waals surface area contributed by atoms with Gasteiger partial charge in [-0.15, -0.1) is 6.58 Å². The molecule has 0 aliphatic carbocycles. The smallest absolute Gasteiger partial charge is 0.326 e. The second kappa shape index (κ2) is 7.82. The van der Waals surface area contributed by atoms with Gasteiger partial charge in [-0.3, -0.25) is 9.59 Å². The molecule has 1 aliphatic heterocycles. The van der Waals surface area contributed by atoms with Crippen LogP contribution in [0.25, 0.3) is 0 Å². The molecule has 1 heterocycles. The van der Waals surface area contributed by atoms with Crippen molar-refractivity contribution in [2.24, 2.45) is 0 Å². The number of carbonyl (C=O) groups excluding carboxylic acids is 3. The Labute approximate surface area is 155 Å². The number of amides is 4. The first kappa shape index (κ1) is 18.3. The molecule has 6 nitrogen and oxygen atoms in total. The highest BCUT2D eigenvalue weighted by Gasteiger charge is 2.46. The number of urea groups is 1. The number of hydrogen-bond donors (Lipinski definition) is 1. The van der Waals surface area contributed by atoms with Crippen molar-refractivity contribution in [2.45, 2.75) is 12.5 Å². The van der Waals surface area contributed by atoms with Crippen molar-refractivity contribution in [1.29, 1.82) is 0 Å². The number of rotatable bonds is 6. The number of nitrogens with zero attached hydrogens (tertiary/aromatic N) is 2. The second-order valence-electron chi connectivity index (χ2n) is 6.01. The zero-order valence-corrected chi connectivity index (χ0v) is 14.5. The molecule has 1 fully saturated rings. The van der Waals surface area contributed by atoms with E-state index >= 15 is 0 Å². The Bertz CT molecular complexity index is 868. The normalized spacial score (nSPS) is 16.6. The third-order valence-corrected chi connectivity index (χ3v) is 4.17. The first-order valence-corrected chi connectivity index (χ1v) is 8.37. The molecule has 7 heteroatoms. The fourth-order valence-corrected chi connectivity index (χ4v) is 2.92. The Kier molecular flexibility index (Phi) is 5.30. The molecule has 0 radical (unpaired) electrons. The molecule has 2 aromatic rings. The Morgan fingerprint density at radius 2 is 1.78 bits per heavy atom. The molecule has 1 saturated heterocycles. The lowest BCUT2D eigenvalue weighted by atomic mass is 10.1. The van der Waals surface area contributed by atoms with Gasteiger partial charge in [0, 0.05) is 12.2 Å². The molecule has 4 amide bonds. The molecule has 1 N–H and O–H groups in total. The van der Waals surface area contributed by atoms with E-state index < -0.39 is 23.8 Å². The quantitative estimate of drug-likeness (QED) is 0.630. The number of anilines is 2. The highest BCUT2D eigenvalue weighted by molar-refractivity contribution is 6.22. The maximum absolute atomic E-state index is 13.2.